The van der Waals surface area contributed by atoms with Gasteiger partial charge in [-0.05, 0) is 18.6 Å². The average molecular weight is 323 g/mol. The smallest absolute Gasteiger partial charge is 0.343 e. The number of H-pyrrole nitrogens is 1. The third-order valence-corrected chi connectivity index (χ3v) is 3.91. The Balaban J connectivity index is 1.92. The summed E-state index contributed by atoms with van der Waals surface area (Å²) in [5.74, 6) is -0.884. The van der Waals surface area contributed by atoms with Gasteiger partial charge in [-0.3, -0.25) is 19.5 Å². The molecule has 2 rings (SSSR count). The second-order valence-electron chi connectivity index (χ2n) is 4.63. The molecule has 2 aromatic rings. The molecule has 8 nitrogen and oxygen atoms in total. The molecule has 0 aliphatic heterocycles. The third-order valence-electron chi connectivity index (χ3n) is 2.93. The molecular weight excluding hydrogens is 306 g/mol. The zero-order valence-electron chi connectivity index (χ0n) is 12.3. The van der Waals surface area contributed by atoms with Crippen molar-refractivity contribution in [2.24, 2.45) is 7.05 Å². The molecule has 0 fully saturated rings. The van der Waals surface area contributed by atoms with Gasteiger partial charge in [0.1, 0.15) is 5.69 Å². The molecule has 2 aromatic heterocycles. The fourth-order valence-corrected chi connectivity index (χ4v) is 2.66. The highest BCUT2D eigenvalue weighted by Gasteiger charge is 2.15. The molecule has 9 heteroatoms. The summed E-state index contributed by atoms with van der Waals surface area (Å²) in [6.45, 7) is 2.47. The number of aromatic nitrogens is 4. The van der Waals surface area contributed by atoms with E-state index in [2.05, 4.69) is 15.5 Å². The number of hydrogen-bond donors (Lipinski definition) is 2. The van der Waals surface area contributed by atoms with Crippen LogP contribution < -0.4 is 11.0 Å². The van der Waals surface area contributed by atoms with Gasteiger partial charge >= 0.3 is 5.69 Å². The second kappa shape index (κ2) is 7.12. The average Bonchev–Trinajstić information content (AvgIpc) is 3.05. The highest BCUT2D eigenvalue weighted by atomic mass is 32.2. The van der Waals surface area contributed by atoms with Crippen molar-refractivity contribution < 1.29 is 9.59 Å². The van der Waals surface area contributed by atoms with E-state index in [0.717, 1.165) is 18.2 Å². The lowest BCUT2D eigenvalue weighted by Crippen LogP contribution is -2.33. The first kappa shape index (κ1) is 16.1. The fraction of sp³-hybridized carbons (Fsp3) is 0.385. The van der Waals surface area contributed by atoms with Gasteiger partial charge in [-0.2, -0.15) is 0 Å². The molecule has 22 heavy (non-hydrogen) atoms. The molecule has 0 atom stereocenters. The van der Waals surface area contributed by atoms with Gasteiger partial charge in [0.2, 0.25) is 5.91 Å². The predicted octanol–water partition coefficient (Wildman–Crippen LogP) is 0.369. The monoisotopic (exact) mass is 323 g/mol. The molecule has 0 unspecified atom stereocenters. The summed E-state index contributed by atoms with van der Waals surface area (Å²) < 4.78 is 3.10. The predicted molar refractivity (Wildman–Crippen MR) is 81.7 cm³/mol. The summed E-state index contributed by atoms with van der Waals surface area (Å²) in [6, 6.07) is 3.35. The van der Waals surface area contributed by atoms with E-state index in [9.17, 15) is 14.4 Å². The molecule has 2 N–H and O–H groups in total. The van der Waals surface area contributed by atoms with Gasteiger partial charge in [-0.1, -0.05) is 18.7 Å². The van der Waals surface area contributed by atoms with Crippen molar-refractivity contribution in [3.8, 4) is 0 Å². The topological polar surface area (TPSA) is 102 Å². The number of nitrogens with one attached hydrogen (secondary N) is 2. The van der Waals surface area contributed by atoms with Gasteiger partial charge in [0, 0.05) is 19.8 Å². The summed E-state index contributed by atoms with van der Waals surface area (Å²) in [5, 5.41) is 8.96. The third kappa shape index (κ3) is 3.67. The molecule has 0 aromatic carbocycles. The summed E-state index contributed by atoms with van der Waals surface area (Å²) in [4.78, 5) is 35.2. The molecule has 0 aliphatic carbocycles. The zero-order valence-corrected chi connectivity index (χ0v) is 13.1. The summed E-state index contributed by atoms with van der Waals surface area (Å²) in [6.07, 6.45) is 2.51. The largest absolute Gasteiger partial charge is 0.347 e. The lowest BCUT2D eigenvalue weighted by Gasteiger charge is -2.05. The molecule has 0 aliphatic rings. The Morgan fingerprint density at radius 1 is 1.45 bits per heavy atom. The van der Waals surface area contributed by atoms with Gasteiger partial charge in [0.25, 0.3) is 5.91 Å². The molecule has 2 amide bonds. The molecule has 0 saturated heterocycles. The Bertz CT molecular complexity index is 730. The van der Waals surface area contributed by atoms with Crippen LogP contribution in [0.4, 0.5) is 0 Å². The summed E-state index contributed by atoms with van der Waals surface area (Å²) in [7, 11) is 1.72. The first-order valence-corrected chi connectivity index (χ1v) is 7.75. The van der Waals surface area contributed by atoms with Gasteiger partial charge in [-0.15, -0.1) is 5.10 Å². The maximum absolute atomic E-state index is 11.9. The number of imide groups is 1. The quantitative estimate of drug-likeness (QED) is 0.748. The van der Waals surface area contributed by atoms with Crippen LogP contribution in [-0.4, -0.2) is 36.9 Å². The van der Waals surface area contributed by atoms with Crippen LogP contribution in [0.5, 0.6) is 0 Å². The highest BCUT2D eigenvalue weighted by Crippen LogP contribution is 2.13. The molecular formula is C13H17N5O3S. The number of nitrogens with zero attached hydrogens (tertiary/aromatic N) is 3. The number of thioether (sulfide) groups is 1. The summed E-state index contributed by atoms with van der Waals surface area (Å²) >= 11 is 1.11. The fourth-order valence-electron chi connectivity index (χ4n) is 1.89. The van der Waals surface area contributed by atoms with E-state index in [1.807, 2.05) is 6.92 Å². The van der Waals surface area contributed by atoms with Gasteiger partial charge < -0.3 is 4.57 Å². The maximum atomic E-state index is 11.9. The maximum Gasteiger partial charge on any atom is 0.343 e. The van der Waals surface area contributed by atoms with E-state index in [1.54, 1.807) is 29.9 Å². The van der Waals surface area contributed by atoms with E-state index >= 15 is 0 Å². The Labute approximate surface area is 130 Å². The van der Waals surface area contributed by atoms with Crippen LogP contribution in [0.1, 0.15) is 23.8 Å². The molecule has 0 radical (unpaired) electrons. The lowest BCUT2D eigenvalue weighted by atomic mass is 10.4. The standard InChI is InChI=1S/C13H17N5O3S/c1-3-6-18-12(21)15-16-13(18)22-8-10(19)14-11(20)9-5-4-7-17(9)2/h4-5,7H,3,6,8H2,1-2H3,(H,15,21)(H,14,19,20). The minimum Gasteiger partial charge on any atom is -0.347 e. The molecule has 118 valence electrons. The second-order valence-corrected chi connectivity index (χ2v) is 5.58. The van der Waals surface area contributed by atoms with E-state index in [1.165, 1.54) is 4.57 Å². The highest BCUT2D eigenvalue weighted by molar-refractivity contribution is 7.99. The van der Waals surface area contributed by atoms with Crippen molar-refractivity contribution in [2.75, 3.05) is 5.75 Å². The SMILES string of the molecule is CCCn1c(SCC(=O)NC(=O)c2cccn2C)n[nH]c1=O. The molecule has 0 spiro atoms. The molecule has 0 saturated carbocycles. The van der Waals surface area contributed by atoms with Crippen LogP contribution in [0, 0.1) is 0 Å². The Kier molecular flexibility index (Phi) is 5.21. The number of aromatic amines is 1. The van der Waals surface area contributed by atoms with E-state index in [0.29, 0.717) is 17.4 Å². The van der Waals surface area contributed by atoms with Crippen LogP contribution in [0.3, 0.4) is 0 Å². The van der Waals surface area contributed by atoms with Crippen LogP contribution >= 0.6 is 11.8 Å². The van der Waals surface area contributed by atoms with Gasteiger partial charge in [0.05, 0.1) is 5.75 Å². The Morgan fingerprint density at radius 2 is 2.23 bits per heavy atom. The Hall–Kier alpha value is -2.29. The first-order chi connectivity index (χ1) is 10.5. The van der Waals surface area contributed by atoms with Crippen molar-refractivity contribution in [1.29, 1.82) is 0 Å². The van der Waals surface area contributed by atoms with Crippen molar-refractivity contribution >= 4 is 23.6 Å². The van der Waals surface area contributed by atoms with Crippen LogP contribution in [0.15, 0.2) is 28.3 Å². The van der Waals surface area contributed by atoms with Crippen molar-refractivity contribution in [2.45, 2.75) is 25.0 Å². The van der Waals surface area contributed by atoms with Gasteiger partial charge in [0.15, 0.2) is 5.16 Å². The minimum atomic E-state index is -0.453. The zero-order chi connectivity index (χ0) is 16.1. The first-order valence-electron chi connectivity index (χ1n) is 6.76. The van der Waals surface area contributed by atoms with Crippen LogP contribution in [0.25, 0.3) is 0 Å². The minimum absolute atomic E-state index is 0.00414. The number of hydrogen-bond acceptors (Lipinski definition) is 5. The normalized spacial score (nSPS) is 10.6. The number of aryl methyl sites for hydroxylation is 1. The molecule has 0 bridgehead atoms. The number of rotatable bonds is 6. The van der Waals surface area contributed by atoms with Crippen molar-refractivity contribution in [1.82, 2.24) is 24.6 Å². The number of carbonyl (C=O) groups is 2. The van der Waals surface area contributed by atoms with Crippen molar-refractivity contribution in [3.63, 3.8) is 0 Å². The number of amides is 2. The summed E-state index contributed by atoms with van der Waals surface area (Å²) in [5.41, 5.74) is 0.102. The van der Waals surface area contributed by atoms with E-state index in [4.69, 9.17) is 0 Å². The van der Waals surface area contributed by atoms with Crippen LogP contribution in [0.2, 0.25) is 0 Å². The lowest BCUT2D eigenvalue weighted by molar-refractivity contribution is -0.117. The molecule has 2 heterocycles. The van der Waals surface area contributed by atoms with Crippen LogP contribution in [-0.2, 0) is 18.4 Å². The van der Waals surface area contributed by atoms with E-state index < -0.39 is 11.8 Å². The van der Waals surface area contributed by atoms with E-state index in [-0.39, 0.29) is 11.4 Å². The van der Waals surface area contributed by atoms with Crippen molar-refractivity contribution in [3.05, 3.63) is 34.5 Å². The van der Waals surface area contributed by atoms with Gasteiger partial charge in [-0.25, -0.2) is 9.89 Å². The Morgan fingerprint density at radius 3 is 2.86 bits per heavy atom. The number of carbonyl (C=O) groups excluding carboxylic acids is 2.